The molecule has 1 fully saturated rings. The Bertz CT molecular complexity index is 731. The van der Waals surface area contributed by atoms with Crippen LogP contribution in [0, 0.1) is 23.2 Å². The van der Waals surface area contributed by atoms with Crippen molar-refractivity contribution in [1.82, 2.24) is 0 Å². The summed E-state index contributed by atoms with van der Waals surface area (Å²) in [5, 5.41) is 0. The second-order valence-corrected chi connectivity index (χ2v) is 15.9. The van der Waals surface area contributed by atoms with Gasteiger partial charge in [-0.2, -0.15) is 0 Å². The summed E-state index contributed by atoms with van der Waals surface area (Å²) in [6.07, 6.45) is 20.2. The van der Waals surface area contributed by atoms with Crippen LogP contribution in [0.1, 0.15) is 92.9 Å². The predicted molar refractivity (Wildman–Crippen MR) is 138 cm³/mol. The van der Waals surface area contributed by atoms with Crippen LogP contribution in [0.15, 0.2) is 23.8 Å². The van der Waals surface area contributed by atoms with Crippen LogP contribution in [0.5, 0.6) is 0 Å². The molecule has 4 unspecified atom stereocenters. The van der Waals surface area contributed by atoms with Crippen molar-refractivity contribution in [2.45, 2.75) is 110 Å². The molecule has 0 N–H and O–H groups in total. The van der Waals surface area contributed by atoms with E-state index in [1.807, 2.05) is 0 Å². The molecule has 3 rings (SSSR count). The first-order valence-electron chi connectivity index (χ1n) is 12.9. The number of carbonyl (C=O) groups excluding carboxylic acids is 1. The zero-order valence-electron chi connectivity index (χ0n) is 21.9. The van der Waals surface area contributed by atoms with E-state index in [9.17, 15) is 4.79 Å². The smallest absolute Gasteiger partial charge is 0.308 e. The fraction of sp³-hybridized carbons (Fsp3) is 0.821. The number of esters is 1. The number of ether oxygens (including phenoxy) is 1. The molecule has 1 saturated heterocycles. The van der Waals surface area contributed by atoms with Gasteiger partial charge < -0.3 is 8.92 Å². The van der Waals surface area contributed by atoms with E-state index < -0.39 is 10.3 Å². The largest absolute Gasteiger partial charge is 0.462 e. The molecule has 6 atom stereocenters. The predicted octanol–water partition coefficient (Wildman–Crippen LogP) is 7.60. The molecule has 3 aliphatic rings. The van der Waals surface area contributed by atoms with E-state index in [4.69, 9.17) is 8.92 Å². The Morgan fingerprint density at radius 2 is 1.94 bits per heavy atom. The van der Waals surface area contributed by atoms with Crippen LogP contribution in [0.4, 0.5) is 0 Å². The number of rotatable bonds is 7. The van der Waals surface area contributed by atoms with Crippen molar-refractivity contribution in [1.29, 1.82) is 0 Å². The lowest BCUT2D eigenvalue weighted by molar-refractivity contribution is -0.159. The van der Waals surface area contributed by atoms with Crippen molar-refractivity contribution in [3.05, 3.63) is 23.8 Å². The van der Waals surface area contributed by atoms with Crippen LogP contribution in [0.2, 0.25) is 0 Å². The fourth-order valence-electron chi connectivity index (χ4n) is 6.03. The number of hydrogen-bond acceptors (Lipinski definition) is 3. The maximum atomic E-state index is 12.3. The average molecular weight is 465 g/mol. The van der Waals surface area contributed by atoms with Gasteiger partial charge in [0, 0.05) is 11.2 Å². The first-order chi connectivity index (χ1) is 14.9. The summed E-state index contributed by atoms with van der Waals surface area (Å²) in [6.45, 7) is 13.8. The number of allylic oxidation sites excluding steroid dienone is 4. The number of carbonyl (C=O) groups is 1. The second-order valence-electron chi connectivity index (χ2n) is 12.0. The van der Waals surface area contributed by atoms with E-state index >= 15 is 0 Å². The van der Waals surface area contributed by atoms with E-state index in [-0.39, 0.29) is 22.9 Å². The molecule has 0 radical (unpaired) electrons. The molecule has 4 heteroatoms. The summed E-state index contributed by atoms with van der Waals surface area (Å²) in [5.74, 6) is 1.91. The zero-order chi connectivity index (χ0) is 23.7. The van der Waals surface area contributed by atoms with Crippen molar-refractivity contribution < 1.29 is 13.7 Å². The first-order valence-corrected chi connectivity index (χ1v) is 15.3. The Kier molecular flexibility index (Phi) is 7.97. The standard InChI is InChI=1S/C28H48O3S/c1-9-28-16-15-20(2)17-22(28)14-13-21(3)25(28)12-10-11-23-18-24(19-26(29)30-23)31-32(7,8)27(4,5)6/h13-14,17,20-21,23-25H,9-12,15-16,18-19H2,1-8H3/t20-,21?,23-,24?,25?,28?/m1/s1. The van der Waals surface area contributed by atoms with Crippen molar-refractivity contribution >= 4 is 16.3 Å². The van der Waals surface area contributed by atoms with E-state index in [1.54, 1.807) is 5.57 Å². The molecule has 1 heterocycles. The first kappa shape index (κ1) is 25.9. The second kappa shape index (κ2) is 9.86. The Labute approximate surface area is 199 Å². The molecule has 0 aromatic carbocycles. The van der Waals surface area contributed by atoms with Crippen LogP contribution < -0.4 is 0 Å². The summed E-state index contributed by atoms with van der Waals surface area (Å²) < 4.78 is 12.4. The maximum absolute atomic E-state index is 12.3. The van der Waals surface area contributed by atoms with E-state index in [0.29, 0.717) is 29.6 Å². The van der Waals surface area contributed by atoms with Crippen LogP contribution in [0.3, 0.4) is 0 Å². The zero-order valence-corrected chi connectivity index (χ0v) is 22.7. The highest BCUT2D eigenvalue weighted by atomic mass is 32.3. The van der Waals surface area contributed by atoms with Gasteiger partial charge in [0.05, 0.1) is 12.5 Å². The lowest BCUT2D eigenvalue weighted by Gasteiger charge is -2.49. The van der Waals surface area contributed by atoms with Gasteiger partial charge in [0.25, 0.3) is 0 Å². The third-order valence-electron chi connectivity index (χ3n) is 8.75. The monoisotopic (exact) mass is 464 g/mol. The highest BCUT2D eigenvalue weighted by Gasteiger charge is 2.45. The van der Waals surface area contributed by atoms with E-state index in [2.05, 4.69) is 72.3 Å². The molecule has 0 aromatic rings. The summed E-state index contributed by atoms with van der Waals surface area (Å²) in [4.78, 5) is 12.3. The molecule has 1 aliphatic heterocycles. The fourth-order valence-corrected chi connectivity index (χ4v) is 7.14. The quantitative estimate of drug-likeness (QED) is 0.364. The molecular weight excluding hydrogens is 416 g/mol. The third-order valence-corrected chi connectivity index (χ3v) is 12.5. The van der Waals surface area contributed by atoms with Crippen LogP contribution in [0.25, 0.3) is 0 Å². The minimum absolute atomic E-state index is 0.00151. The van der Waals surface area contributed by atoms with Gasteiger partial charge in [-0.05, 0) is 79.8 Å². The van der Waals surface area contributed by atoms with E-state index in [1.165, 1.54) is 25.7 Å². The molecular formula is C28H48O3S. The summed E-state index contributed by atoms with van der Waals surface area (Å²) in [6, 6.07) is 0. The molecule has 32 heavy (non-hydrogen) atoms. The molecule has 3 nitrogen and oxygen atoms in total. The Morgan fingerprint density at radius 3 is 2.59 bits per heavy atom. The van der Waals surface area contributed by atoms with Gasteiger partial charge in [-0.15, -0.1) is 10.3 Å². The van der Waals surface area contributed by atoms with Crippen molar-refractivity contribution in [3.63, 3.8) is 0 Å². The number of fused-ring (bicyclic) bond motifs is 1. The molecule has 0 amide bonds. The molecule has 0 spiro atoms. The summed E-state index contributed by atoms with van der Waals surface area (Å²) in [7, 11) is -1.24. The normalized spacial score (nSPS) is 36.3. The van der Waals surface area contributed by atoms with E-state index in [0.717, 1.165) is 19.3 Å². The SMILES string of the molecule is CCC12CC[C@@H](C)C=C1C=CC(C)C2CCC[C@@H]1CC(OS(C)(C)C(C)(C)C)CC(=O)O1. The van der Waals surface area contributed by atoms with Gasteiger partial charge in [0.2, 0.25) is 0 Å². The van der Waals surface area contributed by atoms with Crippen LogP contribution >= 0.6 is 10.3 Å². The topological polar surface area (TPSA) is 35.5 Å². The minimum Gasteiger partial charge on any atom is -0.462 e. The van der Waals surface area contributed by atoms with Crippen molar-refractivity contribution in [3.8, 4) is 0 Å². The van der Waals surface area contributed by atoms with Gasteiger partial charge in [0.15, 0.2) is 0 Å². The maximum Gasteiger partial charge on any atom is 0.308 e. The number of hydrogen-bond donors (Lipinski definition) is 0. The molecule has 2 aliphatic carbocycles. The van der Waals surface area contributed by atoms with Crippen molar-refractivity contribution in [2.24, 2.45) is 23.2 Å². The summed E-state index contributed by atoms with van der Waals surface area (Å²) >= 11 is 0. The van der Waals surface area contributed by atoms with Crippen molar-refractivity contribution in [2.75, 3.05) is 12.5 Å². The molecule has 184 valence electrons. The Balaban J connectivity index is 1.61. The molecule has 0 aromatic heterocycles. The lowest BCUT2D eigenvalue weighted by Crippen LogP contribution is -2.40. The lowest BCUT2D eigenvalue weighted by atomic mass is 9.55. The minimum atomic E-state index is -1.24. The highest BCUT2D eigenvalue weighted by molar-refractivity contribution is 8.29. The van der Waals surface area contributed by atoms with Gasteiger partial charge in [-0.3, -0.25) is 4.79 Å². The van der Waals surface area contributed by atoms with Gasteiger partial charge in [-0.1, -0.05) is 59.8 Å². The number of cyclic esters (lactones) is 1. The highest BCUT2D eigenvalue weighted by Crippen LogP contribution is 2.56. The van der Waals surface area contributed by atoms with Crippen LogP contribution in [-0.4, -0.2) is 35.4 Å². The molecule has 0 bridgehead atoms. The summed E-state index contributed by atoms with van der Waals surface area (Å²) in [5.41, 5.74) is 1.93. The van der Waals surface area contributed by atoms with Gasteiger partial charge in [-0.25, -0.2) is 0 Å². The van der Waals surface area contributed by atoms with Crippen LogP contribution in [-0.2, 0) is 13.7 Å². The third kappa shape index (κ3) is 5.49. The average Bonchev–Trinajstić information content (AvgIpc) is 2.68. The molecule has 0 saturated carbocycles. The Morgan fingerprint density at radius 1 is 1.22 bits per heavy atom. The Hall–Kier alpha value is -0.740. The van der Waals surface area contributed by atoms with Gasteiger partial charge in [0.1, 0.15) is 6.10 Å². The van der Waals surface area contributed by atoms with Gasteiger partial charge >= 0.3 is 5.97 Å².